The largest absolute Gasteiger partial charge is 0.469 e. The minimum Gasteiger partial charge on any atom is -0.469 e. The lowest BCUT2D eigenvalue weighted by Gasteiger charge is -2.14. The lowest BCUT2D eigenvalue weighted by molar-refractivity contribution is -0.120. The number of halogens is 1. The number of amides is 1. The lowest BCUT2D eigenvalue weighted by atomic mass is 10.0. The van der Waals surface area contributed by atoms with Gasteiger partial charge in [-0.25, -0.2) is 4.39 Å². The SMILES string of the molecule is O=C(Cc1ccc(F)cc1)NCC(c1ccco1)c1cccs1. The molecule has 0 aliphatic heterocycles. The fourth-order valence-corrected chi connectivity index (χ4v) is 3.22. The van der Waals surface area contributed by atoms with Crippen LogP contribution < -0.4 is 5.32 Å². The summed E-state index contributed by atoms with van der Waals surface area (Å²) in [6.45, 7) is 0.466. The van der Waals surface area contributed by atoms with Crippen molar-refractivity contribution in [2.45, 2.75) is 12.3 Å². The molecular weight excluding hydrogens is 313 g/mol. The molecule has 3 aromatic rings. The maximum atomic E-state index is 12.9. The van der Waals surface area contributed by atoms with Crippen LogP contribution in [0.4, 0.5) is 4.39 Å². The average Bonchev–Trinajstić information content (AvgIpc) is 3.24. The summed E-state index contributed by atoms with van der Waals surface area (Å²) in [6, 6.07) is 13.7. The van der Waals surface area contributed by atoms with Gasteiger partial charge in [0, 0.05) is 11.4 Å². The number of furan rings is 1. The number of hydrogen-bond acceptors (Lipinski definition) is 3. The molecule has 0 fully saturated rings. The summed E-state index contributed by atoms with van der Waals surface area (Å²) >= 11 is 1.63. The van der Waals surface area contributed by atoms with Gasteiger partial charge in [0.25, 0.3) is 0 Å². The molecule has 0 spiro atoms. The number of nitrogens with one attached hydrogen (secondary N) is 1. The van der Waals surface area contributed by atoms with Crippen LogP contribution >= 0.6 is 11.3 Å². The van der Waals surface area contributed by atoms with E-state index >= 15 is 0 Å². The highest BCUT2D eigenvalue weighted by Crippen LogP contribution is 2.28. The van der Waals surface area contributed by atoms with E-state index in [-0.39, 0.29) is 24.1 Å². The number of rotatable bonds is 6. The Morgan fingerprint density at radius 1 is 1.17 bits per heavy atom. The zero-order valence-corrected chi connectivity index (χ0v) is 13.2. The number of benzene rings is 1. The standard InChI is InChI=1S/C18H16FNO2S/c19-14-7-5-13(6-8-14)11-18(21)20-12-15(16-3-1-9-22-16)17-4-2-10-23-17/h1-10,15H,11-12H2,(H,20,21). The van der Waals surface area contributed by atoms with E-state index in [1.807, 2.05) is 29.6 Å². The van der Waals surface area contributed by atoms with Crippen molar-refractivity contribution in [3.63, 3.8) is 0 Å². The molecule has 0 bridgehead atoms. The minimum atomic E-state index is -0.301. The van der Waals surface area contributed by atoms with E-state index in [9.17, 15) is 9.18 Å². The summed E-state index contributed by atoms with van der Waals surface area (Å²) in [6.07, 6.45) is 1.87. The van der Waals surface area contributed by atoms with Gasteiger partial charge in [0.05, 0.1) is 18.6 Å². The third kappa shape index (κ3) is 4.07. The number of carbonyl (C=O) groups excluding carboxylic acids is 1. The van der Waals surface area contributed by atoms with Crippen LogP contribution in [0.15, 0.2) is 64.6 Å². The molecule has 118 valence electrons. The first-order valence-corrected chi connectivity index (χ1v) is 8.18. The molecule has 1 aromatic carbocycles. The molecule has 3 nitrogen and oxygen atoms in total. The monoisotopic (exact) mass is 329 g/mol. The van der Waals surface area contributed by atoms with Crippen molar-refractivity contribution in [3.8, 4) is 0 Å². The van der Waals surface area contributed by atoms with E-state index in [0.717, 1.165) is 16.2 Å². The highest BCUT2D eigenvalue weighted by atomic mass is 32.1. The van der Waals surface area contributed by atoms with E-state index < -0.39 is 0 Å². The van der Waals surface area contributed by atoms with E-state index in [0.29, 0.717) is 6.54 Å². The highest BCUT2D eigenvalue weighted by Gasteiger charge is 2.19. The lowest BCUT2D eigenvalue weighted by Crippen LogP contribution is -2.29. The Balaban J connectivity index is 1.62. The predicted molar refractivity (Wildman–Crippen MR) is 88.0 cm³/mol. The summed E-state index contributed by atoms with van der Waals surface area (Å²) in [5, 5.41) is 4.94. The van der Waals surface area contributed by atoms with Crippen molar-refractivity contribution >= 4 is 17.2 Å². The van der Waals surface area contributed by atoms with Crippen LogP contribution in [0, 0.1) is 5.82 Å². The fraction of sp³-hybridized carbons (Fsp3) is 0.167. The van der Waals surface area contributed by atoms with Crippen LogP contribution in [0.5, 0.6) is 0 Å². The van der Waals surface area contributed by atoms with Gasteiger partial charge < -0.3 is 9.73 Å². The molecule has 0 saturated heterocycles. The number of hydrogen-bond donors (Lipinski definition) is 1. The molecule has 2 heterocycles. The van der Waals surface area contributed by atoms with Gasteiger partial charge in [-0.05, 0) is 41.3 Å². The van der Waals surface area contributed by atoms with E-state index in [4.69, 9.17) is 4.42 Å². The van der Waals surface area contributed by atoms with Crippen molar-refractivity contribution in [1.29, 1.82) is 0 Å². The molecule has 1 amide bonds. The predicted octanol–water partition coefficient (Wildman–Crippen LogP) is 3.97. The Bertz CT molecular complexity index is 702. The summed E-state index contributed by atoms with van der Waals surface area (Å²) in [7, 11) is 0. The molecule has 1 unspecified atom stereocenters. The zero-order valence-electron chi connectivity index (χ0n) is 12.4. The Morgan fingerprint density at radius 2 is 2.00 bits per heavy atom. The quantitative estimate of drug-likeness (QED) is 0.743. The molecule has 0 radical (unpaired) electrons. The molecular formula is C18H16FNO2S. The van der Waals surface area contributed by atoms with Crippen LogP contribution in [-0.2, 0) is 11.2 Å². The maximum absolute atomic E-state index is 12.9. The van der Waals surface area contributed by atoms with Crippen LogP contribution in [0.2, 0.25) is 0 Å². The summed E-state index contributed by atoms with van der Waals surface area (Å²) in [5.41, 5.74) is 0.787. The third-order valence-corrected chi connectivity index (χ3v) is 4.54. The van der Waals surface area contributed by atoms with Crippen molar-refractivity contribution in [2.75, 3.05) is 6.54 Å². The van der Waals surface area contributed by atoms with Gasteiger partial charge in [0.15, 0.2) is 0 Å². The second-order valence-corrected chi connectivity index (χ2v) is 6.17. The van der Waals surface area contributed by atoms with Gasteiger partial charge in [-0.2, -0.15) is 0 Å². The second kappa shape index (κ2) is 7.24. The molecule has 1 N–H and O–H groups in total. The summed E-state index contributed by atoms with van der Waals surface area (Å²) in [5.74, 6) is 0.436. The Hall–Kier alpha value is -2.40. The Labute approximate surface area is 137 Å². The van der Waals surface area contributed by atoms with Crippen LogP contribution in [0.25, 0.3) is 0 Å². The van der Waals surface area contributed by atoms with Gasteiger partial charge in [0.1, 0.15) is 11.6 Å². The molecule has 3 rings (SSSR count). The van der Waals surface area contributed by atoms with Crippen molar-refractivity contribution in [3.05, 3.63) is 82.2 Å². The first-order chi connectivity index (χ1) is 11.2. The summed E-state index contributed by atoms with van der Waals surface area (Å²) in [4.78, 5) is 13.2. The molecule has 0 aliphatic rings. The van der Waals surface area contributed by atoms with E-state index in [1.54, 1.807) is 29.7 Å². The minimum absolute atomic E-state index is 0.00201. The Morgan fingerprint density at radius 3 is 2.65 bits per heavy atom. The Kier molecular flexibility index (Phi) is 4.88. The van der Waals surface area contributed by atoms with Gasteiger partial charge in [-0.1, -0.05) is 18.2 Å². The molecule has 5 heteroatoms. The van der Waals surface area contributed by atoms with Crippen LogP contribution in [0.1, 0.15) is 22.1 Å². The number of thiophene rings is 1. The maximum Gasteiger partial charge on any atom is 0.224 e. The molecule has 23 heavy (non-hydrogen) atoms. The molecule has 0 saturated carbocycles. The third-order valence-electron chi connectivity index (χ3n) is 3.55. The van der Waals surface area contributed by atoms with E-state index in [2.05, 4.69) is 5.32 Å². The van der Waals surface area contributed by atoms with Crippen molar-refractivity contribution in [1.82, 2.24) is 5.32 Å². The van der Waals surface area contributed by atoms with Gasteiger partial charge in [-0.15, -0.1) is 11.3 Å². The summed E-state index contributed by atoms with van der Waals surface area (Å²) < 4.78 is 18.4. The van der Waals surface area contributed by atoms with Gasteiger partial charge in [-0.3, -0.25) is 4.79 Å². The number of carbonyl (C=O) groups is 1. The van der Waals surface area contributed by atoms with Crippen LogP contribution in [0.3, 0.4) is 0 Å². The fourth-order valence-electron chi connectivity index (χ4n) is 2.39. The topological polar surface area (TPSA) is 42.2 Å². The molecule has 2 aromatic heterocycles. The van der Waals surface area contributed by atoms with E-state index in [1.165, 1.54) is 12.1 Å². The first-order valence-electron chi connectivity index (χ1n) is 7.30. The van der Waals surface area contributed by atoms with Gasteiger partial charge >= 0.3 is 0 Å². The van der Waals surface area contributed by atoms with Crippen molar-refractivity contribution in [2.24, 2.45) is 0 Å². The first kappa shape index (κ1) is 15.5. The smallest absolute Gasteiger partial charge is 0.224 e. The normalized spacial score (nSPS) is 12.0. The zero-order chi connectivity index (χ0) is 16.1. The molecule has 0 aliphatic carbocycles. The van der Waals surface area contributed by atoms with Crippen molar-refractivity contribution < 1.29 is 13.6 Å². The van der Waals surface area contributed by atoms with Crippen LogP contribution in [-0.4, -0.2) is 12.5 Å². The molecule has 1 atom stereocenters. The highest BCUT2D eigenvalue weighted by molar-refractivity contribution is 7.10. The second-order valence-electron chi connectivity index (χ2n) is 5.19. The van der Waals surface area contributed by atoms with Gasteiger partial charge in [0.2, 0.25) is 5.91 Å². The average molecular weight is 329 g/mol.